The van der Waals surface area contributed by atoms with E-state index in [0.29, 0.717) is 6.42 Å². The van der Waals surface area contributed by atoms with E-state index < -0.39 is 0 Å². The van der Waals surface area contributed by atoms with Gasteiger partial charge in [-0.3, -0.25) is 4.98 Å². The van der Waals surface area contributed by atoms with Crippen molar-refractivity contribution in [3.05, 3.63) is 53.7 Å². The van der Waals surface area contributed by atoms with Crippen LogP contribution in [0.1, 0.15) is 23.3 Å². The van der Waals surface area contributed by atoms with Crippen LogP contribution in [-0.4, -0.2) is 4.98 Å². The highest BCUT2D eigenvalue weighted by atomic mass is 16.3. The molecule has 0 fully saturated rings. The summed E-state index contributed by atoms with van der Waals surface area (Å²) in [6.45, 7) is 1.91. The fourth-order valence-corrected chi connectivity index (χ4v) is 1.50. The van der Waals surface area contributed by atoms with E-state index >= 15 is 0 Å². The van der Waals surface area contributed by atoms with Gasteiger partial charge in [0, 0.05) is 18.3 Å². The van der Waals surface area contributed by atoms with E-state index in [4.69, 9.17) is 10.2 Å². The van der Waals surface area contributed by atoms with Crippen molar-refractivity contribution < 1.29 is 4.42 Å². The molecular weight excluding hydrogens is 188 g/mol. The van der Waals surface area contributed by atoms with Gasteiger partial charge >= 0.3 is 0 Å². The molecule has 2 rings (SSSR count). The van der Waals surface area contributed by atoms with Gasteiger partial charge in [0.2, 0.25) is 0 Å². The predicted octanol–water partition coefficient (Wildman–Crippen LogP) is 2.23. The summed E-state index contributed by atoms with van der Waals surface area (Å²) in [4.78, 5) is 4.23. The second kappa shape index (κ2) is 4.28. The average molecular weight is 202 g/mol. The molecule has 2 heterocycles. The molecule has 3 nitrogen and oxygen atoms in total. The number of hydrogen-bond donors (Lipinski definition) is 1. The Morgan fingerprint density at radius 3 is 2.80 bits per heavy atom. The monoisotopic (exact) mass is 202 g/mol. The summed E-state index contributed by atoms with van der Waals surface area (Å²) in [5.74, 6) is 1.71. The van der Waals surface area contributed by atoms with Crippen molar-refractivity contribution in [1.29, 1.82) is 0 Å². The lowest BCUT2D eigenvalue weighted by molar-refractivity contribution is 0.443. The third kappa shape index (κ3) is 2.44. The molecule has 0 aliphatic rings. The minimum absolute atomic E-state index is 0.117. The lowest BCUT2D eigenvalue weighted by Gasteiger charge is -2.07. The standard InChI is InChI=1S/C12H14N2O/c1-9-5-6-12(15-9)11(13)8-10-4-2-3-7-14-10/h2-7,11H,8,13H2,1H3. The minimum Gasteiger partial charge on any atom is -0.465 e. The number of aryl methyl sites for hydroxylation is 1. The second-order valence-electron chi connectivity index (χ2n) is 3.58. The first-order valence-corrected chi connectivity index (χ1v) is 4.97. The summed E-state index contributed by atoms with van der Waals surface area (Å²) in [6.07, 6.45) is 2.48. The highest BCUT2D eigenvalue weighted by Gasteiger charge is 2.10. The van der Waals surface area contributed by atoms with E-state index in [2.05, 4.69) is 4.98 Å². The molecule has 0 saturated heterocycles. The topological polar surface area (TPSA) is 52.0 Å². The molecule has 0 bridgehead atoms. The van der Waals surface area contributed by atoms with Crippen LogP contribution in [0.25, 0.3) is 0 Å². The number of nitrogens with two attached hydrogens (primary N) is 1. The lowest BCUT2D eigenvalue weighted by Crippen LogP contribution is -2.13. The fraction of sp³-hybridized carbons (Fsp3) is 0.250. The van der Waals surface area contributed by atoms with Crippen LogP contribution in [0.5, 0.6) is 0 Å². The molecular formula is C12H14N2O. The molecule has 2 aromatic rings. The average Bonchev–Trinajstić information content (AvgIpc) is 2.66. The van der Waals surface area contributed by atoms with Gasteiger partial charge in [-0.05, 0) is 31.2 Å². The molecule has 0 radical (unpaired) electrons. The molecule has 0 saturated carbocycles. The Bertz CT molecular complexity index is 422. The maximum atomic E-state index is 6.01. The van der Waals surface area contributed by atoms with Gasteiger partial charge in [-0.1, -0.05) is 6.07 Å². The van der Waals surface area contributed by atoms with Gasteiger partial charge in [0.15, 0.2) is 0 Å². The second-order valence-corrected chi connectivity index (χ2v) is 3.58. The zero-order valence-electron chi connectivity index (χ0n) is 8.68. The zero-order valence-corrected chi connectivity index (χ0v) is 8.68. The van der Waals surface area contributed by atoms with Gasteiger partial charge in [-0.2, -0.15) is 0 Å². The van der Waals surface area contributed by atoms with E-state index in [9.17, 15) is 0 Å². The van der Waals surface area contributed by atoms with Crippen LogP contribution in [-0.2, 0) is 6.42 Å². The van der Waals surface area contributed by atoms with Gasteiger partial charge in [0.05, 0.1) is 6.04 Å². The minimum atomic E-state index is -0.117. The van der Waals surface area contributed by atoms with Crippen molar-refractivity contribution in [2.24, 2.45) is 5.73 Å². The summed E-state index contributed by atoms with van der Waals surface area (Å²) in [5.41, 5.74) is 6.99. The van der Waals surface area contributed by atoms with E-state index in [1.807, 2.05) is 37.3 Å². The Kier molecular flexibility index (Phi) is 2.83. The Hall–Kier alpha value is -1.61. The van der Waals surface area contributed by atoms with Gasteiger partial charge in [-0.15, -0.1) is 0 Å². The zero-order chi connectivity index (χ0) is 10.7. The van der Waals surface area contributed by atoms with Crippen molar-refractivity contribution >= 4 is 0 Å². The third-order valence-electron chi connectivity index (χ3n) is 2.28. The van der Waals surface area contributed by atoms with Gasteiger partial charge in [0.25, 0.3) is 0 Å². The van der Waals surface area contributed by atoms with Crippen LogP contribution in [0.4, 0.5) is 0 Å². The SMILES string of the molecule is Cc1ccc(C(N)Cc2ccccn2)o1. The quantitative estimate of drug-likeness (QED) is 0.830. The summed E-state index contributed by atoms with van der Waals surface area (Å²) < 4.78 is 5.46. The van der Waals surface area contributed by atoms with Crippen molar-refractivity contribution in [3.63, 3.8) is 0 Å². The van der Waals surface area contributed by atoms with E-state index in [-0.39, 0.29) is 6.04 Å². The van der Waals surface area contributed by atoms with Crippen LogP contribution in [0, 0.1) is 6.92 Å². The molecule has 0 aliphatic carbocycles. The summed E-state index contributed by atoms with van der Waals surface area (Å²) in [6, 6.07) is 9.55. The van der Waals surface area contributed by atoms with E-state index in [1.54, 1.807) is 6.20 Å². The normalized spacial score (nSPS) is 12.7. The largest absolute Gasteiger partial charge is 0.465 e. The number of furan rings is 1. The molecule has 0 amide bonds. The smallest absolute Gasteiger partial charge is 0.121 e. The van der Waals surface area contributed by atoms with Gasteiger partial charge < -0.3 is 10.2 Å². The molecule has 1 atom stereocenters. The molecule has 0 aromatic carbocycles. The van der Waals surface area contributed by atoms with Crippen molar-refractivity contribution in [1.82, 2.24) is 4.98 Å². The maximum Gasteiger partial charge on any atom is 0.121 e. The molecule has 1 unspecified atom stereocenters. The fourth-order valence-electron chi connectivity index (χ4n) is 1.50. The van der Waals surface area contributed by atoms with Crippen LogP contribution >= 0.6 is 0 Å². The molecule has 2 N–H and O–H groups in total. The van der Waals surface area contributed by atoms with Gasteiger partial charge in [0.1, 0.15) is 11.5 Å². The Morgan fingerprint density at radius 2 is 2.20 bits per heavy atom. The van der Waals surface area contributed by atoms with Crippen molar-refractivity contribution in [3.8, 4) is 0 Å². The number of nitrogens with zero attached hydrogens (tertiary/aromatic N) is 1. The molecule has 3 heteroatoms. The highest BCUT2D eigenvalue weighted by Crippen LogP contribution is 2.17. The highest BCUT2D eigenvalue weighted by molar-refractivity contribution is 5.13. The van der Waals surface area contributed by atoms with Crippen LogP contribution in [0.2, 0.25) is 0 Å². The van der Waals surface area contributed by atoms with Crippen molar-refractivity contribution in [2.75, 3.05) is 0 Å². The predicted molar refractivity (Wildman–Crippen MR) is 58.3 cm³/mol. The number of hydrogen-bond acceptors (Lipinski definition) is 3. The molecule has 2 aromatic heterocycles. The summed E-state index contributed by atoms with van der Waals surface area (Å²) in [5, 5.41) is 0. The lowest BCUT2D eigenvalue weighted by atomic mass is 10.1. The number of aromatic nitrogens is 1. The summed E-state index contributed by atoms with van der Waals surface area (Å²) >= 11 is 0. The Balaban J connectivity index is 2.07. The molecule has 0 spiro atoms. The molecule has 0 aliphatic heterocycles. The van der Waals surface area contributed by atoms with Crippen LogP contribution in [0.3, 0.4) is 0 Å². The first-order chi connectivity index (χ1) is 7.25. The van der Waals surface area contributed by atoms with E-state index in [1.165, 1.54) is 0 Å². The van der Waals surface area contributed by atoms with Gasteiger partial charge in [-0.25, -0.2) is 0 Å². The number of rotatable bonds is 3. The first kappa shape index (κ1) is 9.93. The Labute approximate surface area is 88.9 Å². The van der Waals surface area contributed by atoms with E-state index in [0.717, 1.165) is 17.2 Å². The van der Waals surface area contributed by atoms with Crippen LogP contribution in [0.15, 0.2) is 40.9 Å². The van der Waals surface area contributed by atoms with Crippen molar-refractivity contribution in [2.45, 2.75) is 19.4 Å². The molecule has 78 valence electrons. The maximum absolute atomic E-state index is 6.01. The summed E-state index contributed by atoms with van der Waals surface area (Å²) in [7, 11) is 0. The third-order valence-corrected chi connectivity index (χ3v) is 2.28. The first-order valence-electron chi connectivity index (χ1n) is 4.97. The molecule has 15 heavy (non-hydrogen) atoms. The van der Waals surface area contributed by atoms with Crippen LogP contribution < -0.4 is 5.73 Å². The Morgan fingerprint density at radius 1 is 1.33 bits per heavy atom. The number of pyridine rings is 1.